The van der Waals surface area contributed by atoms with Crippen molar-refractivity contribution >= 4 is 0 Å². The maximum Gasteiger partial charge on any atom is 0.161 e. The Bertz CT molecular complexity index is 613. The van der Waals surface area contributed by atoms with Crippen molar-refractivity contribution in [1.82, 2.24) is 9.97 Å². The summed E-state index contributed by atoms with van der Waals surface area (Å²) in [5.74, 6) is 2.48. The van der Waals surface area contributed by atoms with Gasteiger partial charge in [0.15, 0.2) is 11.5 Å². The molecule has 1 aliphatic rings. The monoisotopic (exact) mass is 270 g/mol. The van der Waals surface area contributed by atoms with Crippen LogP contribution in [0, 0.1) is 13.8 Å². The molecule has 0 spiro atoms. The molecule has 1 atom stereocenters. The summed E-state index contributed by atoms with van der Waals surface area (Å²) in [5, 5.41) is 0. The highest BCUT2D eigenvalue weighted by Gasteiger charge is 2.20. The fourth-order valence-electron chi connectivity index (χ4n) is 2.33. The molecule has 0 aliphatic carbocycles. The van der Waals surface area contributed by atoms with Crippen LogP contribution in [0.1, 0.15) is 23.5 Å². The van der Waals surface area contributed by atoms with Crippen molar-refractivity contribution in [2.75, 3.05) is 6.61 Å². The molecular formula is C16H18N2O2. The topological polar surface area (TPSA) is 44.2 Å². The molecule has 0 bridgehead atoms. The fourth-order valence-corrected chi connectivity index (χ4v) is 2.33. The molecule has 0 N–H and O–H groups in total. The largest absolute Gasteiger partial charge is 0.486 e. The van der Waals surface area contributed by atoms with E-state index in [1.54, 1.807) is 0 Å². The smallest absolute Gasteiger partial charge is 0.161 e. The van der Waals surface area contributed by atoms with Crippen LogP contribution in [-0.2, 0) is 6.42 Å². The molecule has 2 aromatic rings. The second kappa shape index (κ2) is 5.49. The van der Waals surface area contributed by atoms with Crippen molar-refractivity contribution in [2.45, 2.75) is 32.8 Å². The van der Waals surface area contributed by atoms with E-state index in [0.29, 0.717) is 6.61 Å². The van der Waals surface area contributed by atoms with Gasteiger partial charge in [0.25, 0.3) is 0 Å². The maximum absolute atomic E-state index is 5.96. The van der Waals surface area contributed by atoms with Crippen molar-refractivity contribution in [3.05, 3.63) is 47.5 Å². The van der Waals surface area contributed by atoms with Gasteiger partial charge in [-0.3, -0.25) is 0 Å². The number of aromatic nitrogens is 2. The van der Waals surface area contributed by atoms with E-state index in [4.69, 9.17) is 9.47 Å². The van der Waals surface area contributed by atoms with Gasteiger partial charge in [-0.15, -0.1) is 0 Å². The Morgan fingerprint density at radius 1 is 1.20 bits per heavy atom. The third kappa shape index (κ3) is 2.74. The summed E-state index contributed by atoms with van der Waals surface area (Å²) < 4.78 is 11.7. The van der Waals surface area contributed by atoms with Crippen LogP contribution in [0.25, 0.3) is 0 Å². The number of rotatable bonds is 3. The van der Waals surface area contributed by atoms with Crippen molar-refractivity contribution in [3.8, 4) is 11.5 Å². The van der Waals surface area contributed by atoms with Crippen molar-refractivity contribution in [1.29, 1.82) is 0 Å². The molecule has 0 amide bonds. The van der Waals surface area contributed by atoms with E-state index >= 15 is 0 Å². The van der Waals surface area contributed by atoms with E-state index in [0.717, 1.165) is 41.4 Å². The van der Waals surface area contributed by atoms with Crippen LogP contribution in [-0.4, -0.2) is 22.7 Å². The van der Waals surface area contributed by atoms with Gasteiger partial charge < -0.3 is 9.47 Å². The quantitative estimate of drug-likeness (QED) is 0.860. The van der Waals surface area contributed by atoms with Crippen LogP contribution >= 0.6 is 0 Å². The second-order valence-corrected chi connectivity index (χ2v) is 5.08. The first kappa shape index (κ1) is 12.9. The molecule has 104 valence electrons. The third-order valence-electron chi connectivity index (χ3n) is 3.47. The molecule has 0 fully saturated rings. The lowest BCUT2D eigenvalue weighted by Gasteiger charge is -2.26. The van der Waals surface area contributed by atoms with E-state index in [1.807, 2.05) is 44.3 Å². The van der Waals surface area contributed by atoms with E-state index in [9.17, 15) is 0 Å². The first-order valence-electron chi connectivity index (χ1n) is 6.90. The minimum Gasteiger partial charge on any atom is -0.486 e. The Kier molecular flexibility index (Phi) is 3.54. The summed E-state index contributed by atoms with van der Waals surface area (Å²) in [6, 6.07) is 7.79. The number of aryl methyl sites for hydroxylation is 3. The molecule has 4 nitrogen and oxygen atoms in total. The highest BCUT2D eigenvalue weighted by molar-refractivity contribution is 5.40. The van der Waals surface area contributed by atoms with Gasteiger partial charge in [-0.1, -0.05) is 12.1 Å². The predicted molar refractivity (Wildman–Crippen MR) is 76.2 cm³/mol. The van der Waals surface area contributed by atoms with Gasteiger partial charge in [0.1, 0.15) is 18.5 Å². The zero-order valence-corrected chi connectivity index (χ0v) is 11.8. The minimum atomic E-state index is 0.0829. The van der Waals surface area contributed by atoms with Crippen LogP contribution in [0.4, 0.5) is 0 Å². The summed E-state index contributed by atoms with van der Waals surface area (Å²) in [6.07, 6.45) is 3.74. The van der Waals surface area contributed by atoms with Crippen molar-refractivity contribution in [3.63, 3.8) is 0 Å². The molecule has 0 unspecified atom stereocenters. The molecule has 0 saturated carbocycles. The Morgan fingerprint density at radius 2 is 2.00 bits per heavy atom. The zero-order chi connectivity index (χ0) is 13.9. The number of fused-ring (bicyclic) bond motifs is 1. The number of ether oxygens (including phenoxy) is 2. The highest BCUT2D eigenvalue weighted by atomic mass is 16.6. The standard InChI is InChI=1S/C16H18N2O2/c1-11-9-17-12(2)18-14(11)8-7-13-10-19-15-5-3-4-6-16(15)20-13/h3-6,9,13H,7-8,10H2,1-2H3/t13-/m1/s1. The average molecular weight is 270 g/mol. The van der Waals surface area contributed by atoms with E-state index < -0.39 is 0 Å². The first-order chi connectivity index (χ1) is 9.72. The summed E-state index contributed by atoms with van der Waals surface area (Å²) in [6.45, 7) is 4.56. The third-order valence-corrected chi connectivity index (χ3v) is 3.47. The van der Waals surface area contributed by atoms with E-state index in [2.05, 4.69) is 9.97 Å². The lowest BCUT2D eigenvalue weighted by atomic mass is 10.1. The zero-order valence-electron chi connectivity index (χ0n) is 11.8. The van der Waals surface area contributed by atoms with Gasteiger partial charge in [0, 0.05) is 11.9 Å². The lowest BCUT2D eigenvalue weighted by molar-refractivity contribution is 0.0849. The van der Waals surface area contributed by atoms with E-state index in [-0.39, 0.29) is 6.10 Å². The molecule has 0 radical (unpaired) electrons. The van der Waals surface area contributed by atoms with Crippen LogP contribution in [0.5, 0.6) is 11.5 Å². The maximum atomic E-state index is 5.96. The van der Waals surface area contributed by atoms with Crippen LogP contribution in [0.3, 0.4) is 0 Å². The Morgan fingerprint density at radius 3 is 2.85 bits per heavy atom. The Labute approximate surface area is 118 Å². The molecule has 2 heterocycles. The van der Waals surface area contributed by atoms with Gasteiger partial charge >= 0.3 is 0 Å². The number of nitrogens with zero attached hydrogens (tertiary/aromatic N) is 2. The van der Waals surface area contributed by atoms with Gasteiger partial charge in [-0.05, 0) is 44.4 Å². The van der Waals surface area contributed by atoms with Gasteiger partial charge in [0.05, 0.1) is 0 Å². The summed E-state index contributed by atoms with van der Waals surface area (Å²) in [7, 11) is 0. The normalized spacial score (nSPS) is 17.0. The fraction of sp³-hybridized carbons (Fsp3) is 0.375. The van der Waals surface area contributed by atoms with Crippen LogP contribution in [0.2, 0.25) is 0 Å². The van der Waals surface area contributed by atoms with Crippen molar-refractivity contribution in [2.24, 2.45) is 0 Å². The molecule has 4 heteroatoms. The van der Waals surface area contributed by atoms with Gasteiger partial charge in [-0.2, -0.15) is 0 Å². The number of hydrogen-bond donors (Lipinski definition) is 0. The predicted octanol–water partition coefficient (Wildman–Crippen LogP) is 2.87. The second-order valence-electron chi connectivity index (χ2n) is 5.08. The summed E-state index contributed by atoms with van der Waals surface area (Å²) >= 11 is 0. The molecular weight excluding hydrogens is 252 g/mol. The van der Waals surface area contributed by atoms with Crippen LogP contribution in [0.15, 0.2) is 30.5 Å². The lowest BCUT2D eigenvalue weighted by Crippen LogP contribution is -2.29. The highest BCUT2D eigenvalue weighted by Crippen LogP contribution is 2.31. The molecule has 20 heavy (non-hydrogen) atoms. The minimum absolute atomic E-state index is 0.0829. The molecule has 1 aromatic heterocycles. The number of benzene rings is 1. The number of hydrogen-bond acceptors (Lipinski definition) is 4. The number of para-hydroxylation sites is 2. The molecule has 1 aliphatic heterocycles. The van der Waals surface area contributed by atoms with E-state index in [1.165, 1.54) is 0 Å². The Hall–Kier alpha value is -2.10. The summed E-state index contributed by atoms with van der Waals surface area (Å²) in [5.41, 5.74) is 2.23. The average Bonchev–Trinajstić information content (AvgIpc) is 2.48. The van der Waals surface area contributed by atoms with Gasteiger partial charge in [0.2, 0.25) is 0 Å². The van der Waals surface area contributed by atoms with Crippen molar-refractivity contribution < 1.29 is 9.47 Å². The van der Waals surface area contributed by atoms with Crippen LogP contribution < -0.4 is 9.47 Å². The first-order valence-corrected chi connectivity index (χ1v) is 6.90. The Balaban J connectivity index is 1.64. The molecule has 1 aromatic carbocycles. The SMILES string of the molecule is Cc1ncc(C)c(CC[C@@H]2COc3ccccc3O2)n1. The molecule has 3 rings (SSSR count). The summed E-state index contributed by atoms with van der Waals surface area (Å²) in [4.78, 5) is 8.69. The van der Waals surface area contributed by atoms with Gasteiger partial charge in [-0.25, -0.2) is 9.97 Å². The molecule has 0 saturated heterocycles.